The molecule has 0 amide bonds. The molecule has 28 heavy (non-hydrogen) atoms. The summed E-state index contributed by atoms with van der Waals surface area (Å²) in [6, 6.07) is 13.8. The van der Waals surface area contributed by atoms with E-state index in [0.717, 1.165) is 0 Å². The Morgan fingerprint density at radius 2 is 0.750 bits per heavy atom. The Hall–Kier alpha value is -1.000. The highest BCUT2D eigenvalue weighted by Gasteiger charge is 2.21. The van der Waals surface area contributed by atoms with Crippen molar-refractivity contribution in [3.63, 3.8) is 0 Å². The second kappa shape index (κ2) is 9.67. The summed E-state index contributed by atoms with van der Waals surface area (Å²) in [7, 11) is 0. The van der Waals surface area contributed by atoms with Crippen LogP contribution < -0.4 is 9.47 Å². The number of rotatable bonds is 6. The maximum absolute atomic E-state index is 6.42. The SMILES string of the molecule is Clc1ccc(OCc2c(Cl)c(Cl)c(COc3ccc(Cl)cc3)c(Cl)c2Cl)cc1. The molecule has 0 aliphatic heterocycles. The molecule has 146 valence electrons. The fourth-order valence-corrected chi connectivity index (χ4v) is 3.75. The average Bonchev–Trinajstić information content (AvgIpc) is 2.69. The van der Waals surface area contributed by atoms with E-state index in [0.29, 0.717) is 32.7 Å². The van der Waals surface area contributed by atoms with Gasteiger partial charge in [0.1, 0.15) is 24.7 Å². The third-order valence-electron chi connectivity index (χ3n) is 3.84. The van der Waals surface area contributed by atoms with E-state index in [1.807, 2.05) is 0 Å². The molecule has 0 saturated carbocycles. The largest absolute Gasteiger partial charge is 0.489 e. The molecule has 0 aliphatic carbocycles. The first-order valence-corrected chi connectivity index (χ1v) is 10.2. The minimum Gasteiger partial charge on any atom is -0.489 e. The van der Waals surface area contributed by atoms with Crippen molar-refractivity contribution < 1.29 is 9.47 Å². The van der Waals surface area contributed by atoms with E-state index in [2.05, 4.69) is 0 Å². The zero-order valence-corrected chi connectivity index (χ0v) is 18.7. The van der Waals surface area contributed by atoms with E-state index in [1.165, 1.54) is 0 Å². The van der Waals surface area contributed by atoms with Gasteiger partial charge in [0.25, 0.3) is 0 Å². The molecule has 3 aromatic rings. The van der Waals surface area contributed by atoms with Crippen LogP contribution in [-0.2, 0) is 13.2 Å². The average molecular weight is 497 g/mol. The summed E-state index contributed by atoms with van der Waals surface area (Å²) in [5.74, 6) is 1.22. The normalized spacial score (nSPS) is 10.8. The molecular weight excluding hydrogens is 485 g/mol. The van der Waals surface area contributed by atoms with Crippen molar-refractivity contribution in [2.45, 2.75) is 13.2 Å². The van der Waals surface area contributed by atoms with Gasteiger partial charge in [0.15, 0.2) is 0 Å². The van der Waals surface area contributed by atoms with Gasteiger partial charge in [-0.2, -0.15) is 0 Å². The molecule has 0 radical (unpaired) electrons. The van der Waals surface area contributed by atoms with E-state index in [9.17, 15) is 0 Å². The van der Waals surface area contributed by atoms with Gasteiger partial charge in [-0.05, 0) is 48.5 Å². The lowest BCUT2D eigenvalue weighted by Crippen LogP contribution is -2.03. The highest BCUT2D eigenvalue weighted by molar-refractivity contribution is 6.48. The molecule has 3 aromatic carbocycles. The number of hydrogen-bond donors (Lipinski definition) is 0. The van der Waals surface area contributed by atoms with Crippen molar-refractivity contribution >= 4 is 69.6 Å². The molecule has 0 atom stereocenters. The topological polar surface area (TPSA) is 18.5 Å². The van der Waals surface area contributed by atoms with Crippen LogP contribution in [0.5, 0.6) is 11.5 Å². The van der Waals surface area contributed by atoms with Crippen molar-refractivity contribution in [3.05, 3.63) is 89.8 Å². The molecule has 0 aromatic heterocycles. The lowest BCUT2D eigenvalue weighted by atomic mass is 10.1. The smallest absolute Gasteiger partial charge is 0.119 e. The van der Waals surface area contributed by atoms with Crippen molar-refractivity contribution in [3.8, 4) is 11.5 Å². The summed E-state index contributed by atoms with van der Waals surface area (Å²) in [5.41, 5.74) is 0.979. The lowest BCUT2D eigenvalue weighted by Gasteiger charge is -2.17. The van der Waals surface area contributed by atoms with Crippen LogP contribution in [0.1, 0.15) is 11.1 Å². The number of ether oxygens (including phenoxy) is 2. The second-order valence-corrected chi connectivity index (χ2v) is 8.08. The summed E-state index contributed by atoms with van der Waals surface area (Å²) < 4.78 is 11.4. The molecule has 3 rings (SSSR count). The first-order chi connectivity index (χ1) is 13.4. The summed E-state index contributed by atoms with van der Waals surface area (Å²) in [6.45, 7) is 0.189. The minimum absolute atomic E-state index is 0.0943. The van der Waals surface area contributed by atoms with Crippen molar-refractivity contribution in [1.82, 2.24) is 0 Å². The van der Waals surface area contributed by atoms with Crippen LogP contribution in [0.2, 0.25) is 30.1 Å². The highest BCUT2D eigenvalue weighted by atomic mass is 35.5. The van der Waals surface area contributed by atoms with Crippen molar-refractivity contribution in [2.24, 2.45) is 0 Å². The molecule has 0 spiro atoms. The van der Waals surface area contributed by atoms with E-state index < -0.39 is 0 Å². The van der Waals surface area contributed by atoms with Gasteiger partial charge < -0.3 is 9.47 Å². The van der Waals surface area contributed by atoms with Gasteiger partial charge in [-0.25, -0.2) is 0 Å². The molecule has 0 saturated heterocycles. The second-order valence-electron chi connectivity index (χ2n) is 5.70. The Morgan fingerprint density at radius 3 is 1.04 bits per heavy atom. The first-order valence-electron chi connectivity index (χ1n) is 7.97. The Morgan fingerprint density at radius 1 is 0.464 bits per heavy atom. The van der Waals surface area contributed by atoms with Gasteiger partial charge in [0, 0.05) is 21.2 Å². The third kappa shape index (κ3) is 5.13. The van der Waals surface area contributed by atoms with Gasteiger partial charge in [0.05, 0.1) is 20.1 Å². The Balaban J connectivity index is 1.80. The maximum Gasteiger partial charge on any atom is 0.119 e. The zero-order chi connectivity index (χ0) is 20.3. The molecule has 0 unspecified atom stereocenters. The summed E-state index contributed by atoms with van der Waals surface area (Å²) in [6.07, 6.45) is 0. The predicted molar refractivity (Wildman–Crippen MR) is 118 cm³/mol. The molecule has 8 heteroatoms. The van der Waals surface area contributed by atoms with Crippen LogP contribution in [0.25, 0.3) is 0 Å². The molecule has 0 bridgehead atoms. The minimum atomic E-state index is 0.0943. The maximum atomic E-state index is 6.42. The van der Waals surface area contributed by atoms with Crippen molar-refractivity contribution in [1.29, 1.82) is 0 Å². The molecule has 0 fully saturated rings. The van der Waals surface area contributed by atoms with Gasteiger partial charge in [-0.15, -0.1) is 0 Å². The van der Waals surface area contributed by atoms with Gasteiger partial charge >= 0.3 is 0 Å². The van der Waals surface area contributed by atoms with Crippen LogP contribution in [0.15, 0.2) is 48.5 Å². The van der Waals surface area contributed by atoms with E-state index in [4.69, 9.17) is 79.1 Å². The fraction of sp³-hybridized carbons (Fsp3) is 0.100. The first kappa shape index (κ1) is 21.7. The fourth-order valence-electron chi connectivity index (χ4n) is 2.35. The van der Waals surface area contributed by atoms with Crippen LogP contribution >= 0.6 is 69.6 Å². The Bertz CT molecular complexity index is 862. The highest BCUT2D eigenvalue weighted by Crippen LogP contribution is 2.42. The van der Waals surface area contributed by atoms with Crippen molar-refractivity contribution in [2.75, 3.05) is 0 Å². The van der Waals surface area contributed by atoms with Crippen LogP contribution in [0.4, 0.5) is 0 Å². The summed E-state index contributed by atoms with van der Waals surface area (Å²) in [5, 5.41) is 2.28. The standard InChI is InChI=1S/C20H12Cl6O2/c21-11-1-5-13(6-2-11)27-9-15-17(23)19(25)16(20(26)18(15)24)10-28-14-7-3-12(22)4-8-14/h1-8H,9-10H2. The third-order valence-corrected chi connectivity index (χ3v) is 6.20. The molecule has 0 N–H and O–H groups in total. The van der Waals surface area contributed by atoms with E-state index in [1.54, 1.807) is 48.5 Å². The molecular formula is C20H12Cl6O2. The van der Waals surface area contributed by atoms with Crippen LogP contribution in [0, 0.1) is 0 Å². The Kier molecular flexibility index (Phi) is 7.49. The van der Waals surface area contributed by atoms with Gasteiger partial charge in [-0.1, -0.05) is 69.6 Å². The quantitative estimate of drug-likeness (QED) is 0.317. The van der Waals surface area contributed by atoms with Gasteiger partial charge in [0.2, 0.25) is 0 Å². The zero-order valence-electron chi connectivity index (χ0n) is 14.1. The molecule has 2 nitrogen and oxygen atoms in total. The Labute approximate surface area is 192 Å². The summed E-state index contributed by atoms with van der Waals surface area (Å²) >= 11 is 37.4. The van der Waals surface area contributed by atoms with E-state index in [-0.39, 0.29) is 33.3 Å². The number of hydrogen-bond acceptors (Lipinski definition) is 2. The summed E-state index contributed by atoms with van der Waals surface area (Å²) in [4.78, 5) is 0. The lowest BCUT2D eigenvalue weighted by molar-refractivity contribution is 0.303. The number of halogens is 6. The van der Waals surface area contributed by atoms with Crippen LogP contribution in [0.3, 0.4) is 0 Å². The van der Waals surface area contributed by atoms with E-state index >= 15 is 0 Å². The number of benzene rings is 3. The molecule has 0 aliphatic rings. The molecule has 0 heterocycles. The van der Waals surface area contributed by atoms with Gasteiger partial charge in [-0.3, -0.25) is 0 Å². The monoisotopic (exact) mass is 494 g/mol. The van der Waals surface area contributed by atoms with Crippen LogP contribution in [-0.4, -0.2) is 0 Å². The predicted octanol–water partition coefficient (Wildman–Crippen LogP) is 8.76.